The van der Waals surface area contributed by atoms with E-state index in [-0.39, 0.29) is 0 Å². The lowest BCUT2D eigenvalue weighted by Gasteiger charge is -2.69. The van der Waals surface area contributed by atoms with Gasteiger partial charge in [-0.1, -0.05) is 76.2 Å². The lowest BCUT2D eigenvalue weighted by Crippen LogP contribution is -2.96. The molecule has 0 radical (unpaired) electrons. The number of aromatic nitrogens is 2. The predicted molar refractivity (Wildman–Crippen MR) is 185 cm³/mol. The zero-order chi connectivity index (χ0) is 34.6. The van der Waals surface area contributed by atoms with Gasteiger partial charge in [0.05, 0.1) is 0 Å². The van der Waals surface area contributed by atoms with E-state index >= 15 is 0 Å². The van der Waals surface area contributed by atoms with Crippen LogP contribution in [0.2, 0.25) is 0 Å². The number of H-pyrrole nitrogens is 2. The van der Waals surface area contributed by atoms with Crippen molar-refractivity contribution < 1.29 is 19.2 Å². The van der Waals surface area contributed by atoms with E-state index < -0.39 is 69.5 Å². The molecule has 1 saturated carbocycles. The van der Waals surface area contributed by atoms with Crippen LogP contribution in [0.5, 0.6) is 0 Å². The molecule has 2 spiro atoms. The summed E-state index contributed by atoms with van der Waals surface area (Å²) in [5.74, 6) is -3.66. The Labute approximate surface area is 279 Å². The number of aromatic amines is 2. The number of nitrogens with one attached hydrogen (secondary N) is 6. The van der Waals surface area contributed by atoms with Crippen LogP contribution in [0.15, 0.2) is 73.8 Å². The average molecular weight is 647 g/mol. The van der Waals surface area contributed by atoms with Crippen LogP contribution in [0, 0.1) is 0 Å². The van der Waals surface area contributed by atoms with Crippen molar-refractivity contribution in [2.75, 3.05) is 0 Å². The molecule has 48 heavy (non-hydrogen) atoms. The predicted octanol–water partition coefficient (Wildman–Crippen LogP) is 4.20. The van der Waals surface area contributed by atoms with Crippen LogP contribution in [-0.2, 0) is 30.0 Å². The average Bonchev–Trinajstić information content (AvgIpc) is 3.63. The molecule has 2 saturated heterocycles. The standard InChI is InChI=1S/C38H42N6O4/c1-9-35(5,6)29-25(21-15-11-13-17-23(21)41-29)27-28(26-22-16-12-14-18-24(22)42-30(26)36(7,8)10-2)38(34(48)40-20(4)32(46)44-38)37(27)33(47)39-19(3)31(45)43-37/h9-20,27-28,41-42H,1-2H2,3-8H3,(H,39,47)(H,40,48)(H,43,45)(H,44,46)/t19-,20-,27+,28+,37-,38-/m0/s1. The molecule has 1 aliphatic carbocycles. The Kier molecular flexibility index (Phi) is 6.68. The number of piperazine rings is 2. The molecule has 248 valence electrons. The Morgan fingerprint density at radius 1 is 0.625 bits per heavy atom. The van der Waals surface area contributed by atoms with Gasteiger partial charge >= 0.3 is 0 Å². The molecular formula is C38H42N6O4. The normalized spacial score (nSPS) is 29.0. The van der Waals surface area contributed by atoms with E-state index in [0.717, 1.165) is 44.3 Å². The number of carbonyl (C=O) groups excluding carboxylic acids is 4. The number of para-hydroxylation sites is 2. The number of allylic oxidation sites excluding steroid dienone is 2. The van der Waals surface area contributed by atoms with Gasteiger partial charge in [-0.05, 0) is 37.1 Å². The highest BCUT2D eigenvalue weighted by atomic mass is 16.2. The maximum atomic E-state index is 14.8. The van der Waals surface area contributed by atoms with Crippen LogP contribution in [0.1, 0.15) is 75.9 Å². The van der Waals surface area contributed by atoms with Gasteiger partial charge in [0.25, 0.3) is 0 Å². The highest BCUT2D eigenvalue weighted by Crippen LogP contribution is 2.67. The highest BCUT2D eigenvalue weighted by molar-refractivity contribution is 6.15. The van der Waals surface area contributed by atoms with E-state index in [4.69, 9.17) is 0 Å². The van der Waals surface area contributed by atoms with Crippen molar-refractivity contribution in [1.29, 1.82) is 0 Å². The fraction of sp³-hybridized carbons (Fsp3) is 0.368. The summed E-state index contributed by atoms with van der Waals surface area (Å²) in [5.41, 5.74) is -0.276. The molecule has 2 aromatic heterocycles. The summed E-state index contributed by atoms with van der Waals surface area (Å²) in [6.07, 6.45) is 3.68. The number of rotatable bonds is 6. The van der Waals surface area contributed by atoms with Crippen molar-refractivity contribution in [3.63, 3.8) is 0 Å². The zero-order valence-corrected chi connectivity index (χ0v) is 28.1. The van der Waals surface area contributed by atoms with Crippen molar-refractivity contribution in [3.05, 3.63) is 96.4 Å². The molecule has 0 unspecified atom stereocenters. The van der Waals surface area contributed by atoms with Crippen molar-refractivity contribution >= 4 is 45.4 Å². The quantitative estimate of drug-likeness (QED) is 0.174. The van der Waals surface area contributed by atoms with Crippen LogP contribution in [-0.4, -0.2) is 56.8 Å². The van der Waals surface area contributed by atoms with Crippen LogP contribution in [0.4, 0.5) is 0 Å². The fourth-order valence-corrected chi connectivity index (χ4v) is 8.32. The topological polar surface area (TPSA) is 148 Å². The van der Waals surface area contributed by atoms with Crippen LogP contribution < -0.4 is 21.3 Å². The van der Waals surface area contributed by atoms with E-state index in [2.05, 4.69) is 44.4 Å². The Hall–Kier alpha value is -5.12. The van der Waals surface area contributed by atoms with E-state index in [9.17, 15) is 19.2 Å². The first kappa shape index (κ1) is 31.5. The Morgan fingerprint density at radius 3 is 1.33 bits per heavy atom. The summed E-state index contributed by atoms with van der Waals surface area (Å²) >= 11 is 0. The van der Waals surface area contributed by atoms with Gasteiger partial charge in [0.2, 0.25) is 23.6 Å². The number of carbonyl (C=O) groups is 4. The van der Waals surface area contributed by atoms with Crippen LogP contribution in [0.25, 0.3) is 21.8 Å². The van der Waals surface area contributed by atoms with Crippen molar-refractivity contribution in [2.24, 2.45) is 0 Å². The van der Waals surface area contributed by atoms with Crippen molar-refractivity contribution in [2.45, 2.75) is 87.4 Å². The summed E-state index contributed by atoms with van der Waals surface area (Å²) in [7, 11) is 0. The second-order valence-electron chi connectivity index (χ2n) is 14.7. The van der Waals surface area contributed by atoms with Crippen LogP contribution in [0.3, 0.4) is 0 Å². The Bertz CT molecular complexity index is 1940. The summed E-state index contributed by atoms with van der Waals surface area (Å²) in [4.78, 5) is 64.5. The molecule has 7 rings (SSSR count). The first-order valence-corrected chi connectivity index (χ1v) is 16.4. The molecule has 4 heterocycles. The van der Waals surface area contributed by atoms with Crippen LogP contribution >= 0.6 is 0 Å². The molecule has 4 aromatic rings. The molecule has 0 bridgehead atoms. The summed E-state index contributed by atoms with van der Waals surface area (Å²) in [6.45, 7) is 19.6. The summed E-state index contributed by atoms with van der Waals surface area (Å²) in [5, 5.41) is 13.6. The lowest BCUT2D eigenvalue weighted by atomic mass is 9.40. The molecule has 3 fully saturated rings. The molecule has 3 aliphatic rings. The molecule has 10 heteroatoms. The number of hydrogen-bond acceptors (Lipinski definition) is 4. The van der Waals surface area contributed by atoms with E-state index in [0.29, 0.717) is 0 Å². The molecule has 6 atom stereocenters. The Balaban J connectivity index is 1.68. The van der Waals surface area contributed by atoms with E-state index in [1.807, 2.05) is 88.4 Å². The highest BCUT2D eigenvalue weighted by Gasteiger charge is 2.83. The fourth-order valence-electron chi connectivity index (χ4n) is 8.32. The minimum Gasteiger partial charge on any atom is -0.357 e. The second-order valence-corrected chi connectivity index (χ2v) is 14.7. The second kappa shape index (κ2) is 10.2. The third-order valence-electron chi connectivity index (χ3n) is 11.2. The summed E-state index contributed by atoms with van der Waals surface area (Å²) in [6, 6.07) is 13.9. The van der Waals surface area contributed by atoms with Gasteiger partial charge in [0, 0.05) is 55.9 Å². The first-order chi connectivity index (χ1) is 22.7. The molecule has 2 aromatic carbocycles. The van der Waals surface area contributed by atoms with Crippen molar-refractivity contribution in [3.8, 4) is 0 Å². The molecular weight excluding hydrogens is 604 g/mol. The number of benzene rings is 2. The zero-order valence-electron chi connectivity index (χ0n) is 28.1. The molecule has 6 N–H and O–H groups in total. The van der Waals surface area contributed by atoms with Gasteiger partial charge in [-0.25, -0.2) is 0 Å². The molecule has 4 amide bonds. The monoisotopic (exact) mass is 646 g/mol. The smallest absolute Gasteiger partial charge is 0.250 e. The minimum absolute atomic E-state index is 0.451. The maximum absolute atomic E-state index is 14.8. The van der Waals surface area contributed by atoms with Gasteiger partial charge in [-0.15, -0.1) is 13.2 Å². The number of fused-ring (bicyclic) bond motifs is 3. The van der Waals surface area contributed by atoms with Gasteiger partial charge < -0.3 is 31.2 Å². The number of hydrogen-bond donors (Lipinski definition) is 6. The van der Waals surface area contributed by atoms with Gasteiger partial charge in [0.15, 0.2) is 11.1 Å². The van der Waals surface area contributed by atoms with Gasteiger partial charge in [-0.2, -0.15) is 0 Å². The van der Waals surface area contributed by atoms with Gasteiger partial charge in [-0.3, -0.25) is 19.2 Å². The SMILES string of the molecule is C=CC(C)(C)c1[nH]c2ccccc2c1[C@@H]1[C@@H](c2c(C(C)(C)C=C)[nH]c3ccccc23)[C@@]2(NC(=O)[C@H](C)NC2=O)[C@]12NC(=O)[C@H](C)NC2=O. The Morgan fingerprint density at radius 2 is 0.979 bits per heavy atom. The minimum atomic E-state index is -1.91. The van der Waals surface area contributed by atoms with Crippen molar-refractivity contribution in [1.82, 2.24) is 31.2 Å². The lowest BCUT2D eigenvalue weighted by molar-refractivity contribution is -0.172. The largest absolute Gasteiger partial charge is 0.357 e. The molecule has 2 aliphatic heterocycles. The van der Waals surface area contributed by atoms with Gasteiger partial charge in [0.1, 0.15) is 12.1 Å². The number of amides is 4. The first-order valence-electron chi connectivity index (χ1n) is 16.4. The van der Waals surface area contributed by atoms with E-state index in [1.54, 1.807) is 13.8 Å². The maximum Gasteiger partial charge on any atom is 0.250 e. The summed E-state index contributed by atoms with van der Waals surface area (Å²) < 4.78 is 0. The third kappa shape index (κ3) is 3.85. The molecule has 10 nitrogen and oxygen atoms in total. The van der Waals surface area contributed by atoms with E-state index in [1.165, 1.54) is 0 Å². The third-order valence-corrected chi connectivity index (χ3v) is 11.2.